The highest BCUT2D eigenvalue weighted by molar-refractivity contribution is 4.91. The van der Waals surface area contributed by atoms with Gasteiger partial charge in [0.25, 0.3) is 0 Å². The van der Waals surface area contributed by atoms with Crippen LogP contribution < -0.4 is 5.32 Å². The number of ether oxygens (including phenoxy) is 1. The molecule has 1 unspecified atom stereocenters. The first-order chi connectivity index (χ1) is 9.83. The second-order valence-electron chi connectivity index (χ2n) is 5.20. The number of alkyl halides is 3. The van der Waals surface area contributed by atoms with Gasteiger partial charge in [0.15, 0.2) is 0 Å². The molecule has 0 spiro atoms. The van der Waals surface area contributed by atoms with Crippen molar-refractivity contribution >= 4 is 0 Å². The van der Waals surface area contributed by atoms with Crippen LogP contribution in [-0.2, 0) is 11.2 Å². The molecule has 21 heavy (non-hydrogen) atoms. The Morgan fingerprint density at radius 2 is 2.10 bits per heavy atom. The number of hydrogen-bond acceptors (Lipinski definition) is 4. The third-order valence-electron chi connectivity index (χ3n) is 2.83. The maximum absolute atomic E-state index is 12.1. The third kappa shape index (κ3) is 6.90. The second-order valence-corrected chi connectivity index (χ2v) is 5.20. The Labute approximate surface area is 122 Å². The molecule has 0 saturated carbocycles. The van der Waals surface area contributed by atoms with E-state index in [4.69, 9.17) is 4.74 Å². The summed E-state index contributed by atoms with van der Waals surface area (Å²) in [6.07, 6.45) is -1.46. The van der Waals surface area contributed by atoms with Crippen molar-refractivity contribution in [2.24, 2.45) is 0 Å². The van der Waals surface area contributed by atoms with Gasteiger partial charge in [-0.2, -0.15) is 18.3 Å². The molecule has 0 bridgehead atoms. The van der Waals surface area contributed by atoms with Gasteiger partial charge in [-0.15, -0.1) is 0 Å². The lowest BCUT2D eigenvalue weighted by molar-refractivity contribution is -0.175. The zero-order valence-electron chi connectivity index (χ0n) is 12.7. The van der Waals surface area contributed by atoms with Crippen LogP contribution in [0.3, 0.4) is 0 Å². The summed E-state index contributed by atoms with van der Waals surface area (Å²) in [4.78, 5) is 4.18. The van der Waals surface area contributed by atoms with Gasteiger partial charge >= 0.3 is 6.18 Å². The monoisotopic (exact) mass is 308 g/mol. The van der Waals surface area contributed by atoms with E-state index in [9.17, 15) is 13.2 Å². The van der Waals surface area contributed by atoms with Gasteiger partial charge in [-0.3, -0.25) is 0 Å². The first-order valence-electron chi connectivity index (χ1n) is 7.09. The summed E-state index contributed by atoms with van der Waals surface area (Å²) in [5.41, 5.74) is 0. The minimum absolute atomic E-state index is 0.00946. The first-order valence-corrected chi connectivity index (χ1v) is 7.09. The molecule has 122 valence electrons. The molecule has 0 aliphatic rings. The predicted octanol–water partition coefficient (Wildman–Crippen LogP) is 2.35. The Morgan fingerprint density at radius 1 is 1.38 bits per heavy atom. The van der Waals surface area contributed by atoms with E-state index < -0.39 is 12.8 Å². The molecule has 0 saturated heterocycles. The van der Waals surface area contributed by atoms with Gasteiger partial charge in [0.05, 0.1) is 6.61 Å². The Balaban J connectivity index is 2.58. The molecule has 1 rings (SSSR count). The summed E-state index contributed by atoms with van der Waals surface area (Å²) in [5, 5.41) is 7.31. The Morgan fingerprint density at radius 3 is 2.67 bits per heavy atom. The molecule has 1 heterocycles. The van der Waals surface area contributed by atoms with Crippen LogP contribution in [0.15, 0.2) is 6.33 Å². The number of nitrogens with one attached hydrogen (secondary N) is 1. The topological polar surface area (TPSA) is 52.0 Å². The van der Waals surface area contributed by atoms with E-state index in [0.717, 1.165) is 18.8 Å². The maximum Gasteiger partial charge on any atom is 0.411 e. The van der Waals surface area contributed by atoms with Crippen LogP contribution in [0.2, 0.25) is 0 Å². The standard InChI is InChI=1S/C13H23F3N4O/c1-4-5-17-11(7-21-8-13(14,15)16)6-12-18-9-19-20(12)10(2)3/h9-11,17H,4-8H2,1-3H3. The third-order valence-corrected chi connectivity index (χ3v) is 2.83. The van der Waals surface area contributed by atoms with Gasteiger partial charge < -0.3 is 10.1 Å². The molecule has 1 N–H and O–H groups in total. The van der Waals surface area contributed by atoms with Crippen LogP contribution in [0.5, 0.6) is 0 Å². The number of hydrogen-bond donors (Lipinski definition) is 1. The molecule has 0 aromatic carbocycles. The zero-order chi connectivity index (χ0) is 15.9. The van der Waals surface area contributed by atoms with Gasteiger partial charge in [0.1, 0.15) is 18.8 Å². The lowest BCUT2D eigenvalue weighted by Gasteiger charge is -2.20. The van der Waals surface area contributed by atoms with E-state index in [0.29, 0.717) is 6.42 Å². The van der Waals surface area contributed by atoms with E-state index in [-0.39, 0.29) is 18.7 Å². The van der Waals surface area contributed by atoms with Crippen molar-refractivity contribution in [3.8, 4) is 0 Å². The summed E-state index contributed by atoms with van der Waals surface area (Å²) >= 11 is 0. The van der Waals surface area contributed by atoms with E-state index in [1.165, 1.54) is 6.33 Å². The average molecular weight is 308 g/mol. The lowest BCUT2D eigenvalue weighted by atomic mass is 10.2. The number of halogens is 3. The summed E-state index contributed by atoms with van der Waals surface area (Å²) in [6, 6.07) is -0.0561. The molecular formula is C13H23F3N4O. The van der Waals surface area contributed by atoms with Crippen molar-refractivity contribution in [3.63, 3.8) is 0 Å². The van der Waals surface area contributed by atoms with Crippen molar-refractivity contribution in [2.45, 2.75) is 51.9 Å². The highest BCUT2D eigenvalue weighted by Crippen LogP contribution is 2.15. The van der Waals surface area contributed by atoms with Gasteiger partial charge in [-0.1, -0.05) is 6.92 Å². The fourth-order valence-electron chi connectivity index (χ4n) is 1.93. The van der Waals surface area contributed by atoms with Gasteiger partial charge in [0, 0.05) is 18.5 Å². The molecular weight excluding hydrogens is 285 g/mol. The zero-order valence-corrected chi connectivity index (χ0v) is 12.7. The van der Waals surface area contributed by atoms with Crippen LogP contribution in [-0.4, -0.2) is 46.7 Å². The Bertz CT molecular complexity index is 406. The smallest absolute Gasteiger partial charge is 0.370 e. The summed E-state index contributed by atoms with van der Waals surface area (Å²) in [7, 11) is 0. The largest absolute Gasteiger partial charge is 0.411 e. The molecule has 8 heteroatoms. The minimum Gasteiger partial charge on any atom is -0.370 e. The number of rotatable bonds is 9. The fraction of sp³-hybridized carbons (Fsp3) is 0.846. The molecule has 5 nitrogen and oxygen atoms in total. The normalized spacial score (nSPS) is 13.9. The van der Waals surface area contributed by atoms with Crippen LogP contribution >= 0.6 is 0 Å². The summed E-state index contributed by atoms with van der Waals surface area (Å²) < 4.78 is 42.9. The molecule has 0 radical (unpaired) electrons. The Hall–Kier alpha value is -1.15. The molecule has 1 atom stereocenters. The second kappa shape index (κ2) is 8.33. The molecule has 0 aliphatic carbocycles. The van der Waals surface area contributed by atoms with Crippen LogP contribution in [0, 0.1) is 0 Å². The van der Waals surface area contributed by atoms with E-state index in [1.807, 2.05) is 20.8 Å². The van der Waals surface area contributed by atoms with Gasteiger partial charge in [0.2, 0.25) is 0 Å². The highest BCUT2D eigenvalue weighted by Gasteiger charge is 2.28. The Kier molecular flexibility index (Phi) is 7.10. The van der Waals surface area contributed by atoms with Crippen molar-refractivity contribution < 1.29 is 17.9 Å². The van der Waals surface area contributed by atoms with Crippen molar-refractivity contribution in [3.05, 3.63) is 12.2 Å². The average Bonchev–Trinajstić information content (AvgIpc) is 2.82. The SMILES string of the molecule is CCCNC(COCC(F)(F)F)Cc1ncnn1C(C)C. The molecule has 1 aromatic rings. The van der Waals surface area contributed by atoms with Crippen molar-refractivity contribution in [1.82, 2.24) is 20.1 Å². The number of nitrogens with zero attached hydrogens (tertiary/aromatic N) is 3. The van der Waals surface area contributed by atoms with Crippen LogP contribution in [0.4, 0.5) is 13.2 Å². The molecule has 0 fully saturated rings. The van der Waals surface area contributed by atoms with Crippen molar-refractivity contribution in [1.29, 1.82) is 0 Å². The number of aromatic nitrogens is 3. The fourth-order valence-corrected chi connectivity index (χ4v) is 1.93. The van der Waals surface area contributed by atoms with E-state index in [2.05, 4.69) is 15.4 Å². The lowest BCUT2D eigenvalue weighted by Crippen LogP contribution is -2.38. The van der Waals surface area contributed by atoms with Gasteiger partial charge in [-0.25, -0.2) is 9.67 Å². The van der Waals surface area contributed by atoms with E-state index in [1.54, 1.807) is 4.68 Å². The molecule has 0 aliphatic heterocycles. The summed E-state index contributed by atoms with van der Waals surface area (Å²) in [5.74, 6) is 0.745. The molecule has 1 aromatic heterocycles. The predicted molar refractivity (Wildman–Crippen MR) is 73.1 cm³/mol. The van der Waals surface area contributed by atoms with Gasteiger partial charge in [-0.05, 0) is 26.8 Å². The minimum atomic E-state index is -4.30. The quantitative estimate of drug-likeness (QED) is 0.761. The van der Waals surface area contributed by atoms with E-state index >= 15 is 0 Å². The molecule has 0 amide bonds. The maximum atomic E-state index is 12.1. The van der Waals surface area contributed by atoms with Crippen LogP contribution in [0.25, 0.3) is 0 Å². The summed E-state index contributed by atoms with van der Waals surface area (Å²) in [6.45, 7) is 5.44. The van der Waals surface area contributed by atoms with Crippen LogP contribution in [0.1, 0.15) is 39.1 Å². The van der Waals surface area contributed by atoms with Crippen molar-refractivity contribution in [2.75, 3.05) is 19.8 Å². The first kappa shape index (κ1) is 17.9. The highest BCUT2D eigenvalue weighted by atomic mass is 19.4.